The molecule has 176 valence electrons. The first-order valence-corrected chi connectivity index (χ1v) is 12.9. The Kier molecular flexibility index (Phi) is 7.39. The SMILES string of the molecule is CCCc1ccc(-c2nn(C(C)C)c3c2CCc2nc(CC(=O)CCCN(C)C)sc2-3)cn1. The summed E-state index contributed by atoms with van der Waals surface area (Å²) in [6.07, 6.45) is 7.83. The Morgan fingerprint density at radius 1 is 1.24 bits per heavy atom. The normalized spacial score (nSPS) is 12.9. The Balaban J connectivity index is 1.63. The summed E-state index contributed by atoms with van der Waals surface area (Å²) >= 11 is 1.68. The molecule has 7 heteroatoms. The molecule has 0 N–H and O–H groups in total. The van der Waals surface area contributed by atoms with Crippen molar-refractivity contribution in [2.75, 3.05) is 20.6 Å². The molecule has 1 aliphatic rings. The average molecular weight is 466 g/mol. The zero-order valence-corrected chi connectivity index (χ0v) is 21.3. The van der Waals surface area contributed by atoms with Gasteiger partial charge in [-0.3, -0.25) is 14.5 Å². The number of carbonyl (C=O) groups excluding carboxylic acids is 1. The van der Waals surface area contributed by atoms with Crippen LogP contribution in [0.1, 0.15) is 68.0 Å². The number of hydrogen-bond acceptors (Lipinski definition) is 6. The predicted molar refractivity (Wildman–Crippen MR) is 135 cm³/mol. The molecule has 0 aliphatic heterocycles. The molecular formula is C26H35N5OS. The topological polar surface area (TPSA) is 63.9 Å². The molecule has 0 spiro atoms. The number of fused-ring (bicyclic) bond motifs is 3. The highest BCUT2D eigenvalue weighted by atomic mass is 32.1. The van der Waals surface area contributed by atoms with E-state index in [1.54, 1.807) is 11.3 Å². The maximum absolute atomic E-state index is 12.5. The summed E-state index contributed by atoms with van der Waals surface area (Å²) in [7, 11) is 4.08. The summed E-state index contributed by atoms with van der Waals surface area (Å²) in [5.41, 5.74) is 6.83. The van der Waals surface area contributed by atoms with E-state index in [2.05, 4.69) is 47.5 Å². The summed E-state index contributed by atoms with van der Waals surface area (Å²) in [6.45, 7) is 7.46. The average Bonchev–Trinajstić information content (AvgIpc) is 3.35. The van der Waals surface area contributed by atoms with Gasteiger partial charge in [0.25, 0.3) is 0 Å². The highest BCUT2D eigenvalue weighted by Crippen LogP contribution is 2.43. The first kappa shape index (κ1) is 23.8. The van der Waals surface area contributed by atoms with Gasteiger partial charge in [-0.15, -0.1) is 11.3 Å². The van der Waals surface area contributed by atoms with Gasteiger partial charge in [-0.2, -0.15) is 5.10 Å². The van der Waals surface area contributed by atoms with Crippen LogP contribution in [0.4, 0.5) is 0 Å². The zero-order chi connectivity index (χ0) is 23.5. The van der Waals surface area contributed by atoms with Crippen molar-refractivity contribution in [2.45, 2.75) is 71.8 Å². The van der Waals surface area contributed by atoms with E-state index in [1.807, 2.05) is 20.3 Å². The van der Waals surface area contributed by atoms with Crippen LogP contribution in [0.3, 0.4) is 0 Å². The number of aryl methyl sites for hydroxylation is 2. The Morgan fingerprint density at radius 2 is 2.06 bits per heavy atom. The van der Waals surface area contributed by atoms with Gasteiger partial charge in [-0.25, -0.2) is 4.98 Å². The maximum atomic E-state index is 12.5. The molecule has 3 aromatic heterocycles. The molecule has 3 aromatic rings. The van der Waals surface area contributed by atoms with E-state index in [9.17, 15) is 4.79 Å². The van der Waals surface area contributed by atoms with Crippen LogP contribution in [0, 0.1) is 0 Å². The third-order valence-electron chi connectivity index (χ3n) is 6.08. The quantitative estimate of drug-likeness (QED) is 0.414. The van der Waals surface area contributed by atoms with Gasteiger partial charge in [-0.1, -0.05) is 13.3 Å². The fourth-order valence-electron chi connectivity index (χ4n) is 4.44. The van der Waals surface area contributed by atoms with E-state index >= 15 is 0 Å². The summed E-state index contributed by atoms with van der Waals surface area (Å²) in [5.74, 6) is 0.277. The Labute approximate surface area is 201 Å². The van der Waals surface area contributed by atoms with Gasteiger partial charge in [-0.05, 0) is 72.3 Å². The molecule has 3 heterocycles. The lowest BCUT2D eigenvalue weighted by atomic mass is 9.95. The third-order valence-corrected chi connectivity index (χ3v) is 7.18. The van der Waals surface area contributed by atoms with Gasteiger partial charge in [0.1, 0.15) is 10.8 Å². The van der Waals surface area contributed by atoms with Gasteiger partial charge in [0.2, 0.25) is 0 Å². The number of ketones is 1. The van der Waals surface area contributed by atoms with Gasteiger partial charge in [0.05, 0.1) is 28.4 Å². The summed E-state index contributed by atoms with van der Waals surface area (Å²) in [5, 5.41) is 5.98. The minimum atomic E-state index is 0.240. The van der Waals surface area contributed by atoms with Gasteiger partial charge in [0.15, 0.2) is 0 Å². The molecule has 0 saturated heterocycles. The van der Waals surface area contributed by atoms with Crippen molar-refractivity contribution < 1.29 is 4.79 Å². The second-order valence-electron chi connectivity index (χ2n) is 9.51. The van der Waals surface area contributed by atoms with Crippen molar-refractivity contribution >= 4 is 17.1 Å². The van der Waals surface area contributed by atoms with E-state index in [0.29, 0.717) is 12.8 Å². The number of carbonyl (C=O) groups is 1. The van der Waals surface area contributed by atoms with Crippen LogP contribution in [0.2, 0.25) is 0 Å². The molecule has 0 unspecified atom stereocenters. The van der Waals surface area contributed by atoms with Crippen LogP contribution in [-0.2, 0) is 30.5 Å². The first-order chi connectivity index (χ1) is 15.9. The van der Waals surface area contributed by atoms with Gasteiger partial charge >= 0.3 is 0 Å². The Hall–Kier alpha value is -2.38. The molecule has 0 bridgehead atoms. The smallest absolute Gasteiger partial charge is 0.139 e. The van der Waals surface area contributed by atoms with Gasteiger partial charge < -0.3 is 4.90 Å². The summed E-state index contributed by atoms with van der Waals surface area (Å²) in [4.78, 5) is 25.4. The van der Waals surface area contributed by atoms with Gasteiger partial charge in [0, 0.05) is 35.5 Å². The van der Waals surface area contributed by atoms with Crippen LogP contribution in [0.25, 0.3) is 21.8 Å². The molecule has 6 nitrogen and oxygen atoms in total. The molecule has 0 fully saturated rings. The number of nitrogens with zero attached hydrogens (tertiary/aromatic N) is 5. The van der Waals surface area contributed by atoms with Crippen LogP contribution in [0.15, 0.2) is 18.3 Å². The van der Waals surface area contributed by atoms with Crippen molar-refractivity contribution in [2.24, 2.45) is 0 Å². The molecule has 0 saturated carbocycles. The molecule has 0 aromatic carbocycles. The lowest BCUT2D eigenvalue weighted by molar-refractivity contribution is -0.118. The minimum absolute atomic E-state index is 0.240. The van der Waals surface area contributed by atoms with E-state index in [0.717, 1.165) is 66.3 Å². The van der Waals surface area contributed by atoms with Crippen molar-refractivity contribution in [1.82, 2.24) is 24.6 Å². The highest BCUT2D eigenvalue weighted by molar-refractivity contribution is 7.15. The number of rotatable bonds is 10. The predicted octanol–water partition coefficient (Wildman–Crippen LogP) is 5.15. The fourth-order valence-corrected chi connectivity index (χ4v) is 5.65. The summed E-state index contributed by atoms with van der Waals surface area (Å²) < 4.78 is 2.14. The largest absolute Gasteiger partial charge is 0.309 e. The summed E-state index contributed by atoms with van der Waals surface area (Å²) in [6, 6.07) is 4.52. The molecule has 0 atom stereocenters. The van der Waals surface area contributed by atoms with E-state index in [4.69, 9.17) is 10.1 Å². The van der Waals surface area contributed by atoms with E-state index < -0.39 is 0 Å². The number of pyridine rings is 1. The first-order valence-electron chi connectivity index (χ1n) is 12.1. The molecule has 4 rings (SSSR count). The number of hydrogen-bond donors (Lipinski definition) is 0. The fraction of sp³-hybridized carbons (Fsp3) is 0.538. The molecular weight excluding hydrogens is 430 g/mol. The number of thiazole rings is 1. The third kappa shape index (κ3) is 5.25. The second kappa shape index (κ2) is 10.3. The van der Waals surface area contributed by atoms with Crippen molar-refractivity contribution in [3.63, 3.8) is 0 Å². The highest BCUT2D eigenvalue weighted by Gasteiger charge is 2.30. The lowest BCUT2D eigenvalue weighted by Crippen LogP contribution is -2.14. The Bertz CT molecular complexity index is 1110. The van der Waals surface area contributed by atoms with Crippen molar-refractivity contribution in [1.29, 1.82) is 0 Å². The number of aromatic nitrogens is 4. The number of Topliss-reactive ketones (excluding diaryl/α,β-unsaturated/α-hetero) is 1. The Morgan fingerprint density at radius 3 is 2.73 bits per heavy atom. The minimum Gasteiger partial charge on any atom is -0.309 e. The molecule has 0 amide bonds. The van der Waals surface area contributed by atoms with Crippen LogP contribution in [-0.4, -0.2) is 51.1 Å². The van der Waals surface area contributed by atoms with E-state index in [1.165, 1.54) is 16.1 Å². The van der Waals surface area contributed by atoms with Crippen LogP contribution in [0.5, 0.6) is 0 Å². The van der Waals surface area contributed by atoms with Crippen LogP contribution < -0.4 is 0 Å². The lowest BCUT2D eigenvalue weighted by Gasteiger charge is -2.16. The monoisotopic (exact) mass is 465 g/mol. The van der Waals surface area contributed by atoms with Crippen molar-refractivity contribution in [3.05, 3.63) is 40.3 Å². The standard InChI is InChI=1S/C26H35N5OS/c1-6-8-19-11-10-18(16-27-19)24-21-12-13-22-26(25(21)31(29-24)17(2)3)33-23(28-22)15-20(32)9-7-14-30(4)5/h10-11,16-17H,6-9,12-15H2,1-5H3. The molecule has 33 heavy (non-hydrogen) atoms. The zero-order valence-electron chi connectivity index (χ0n) is 20.5. The van der Waals surface area contributed by atoms with Crippen LogP contribution >= 0.6 is 11.3 Å². The second-order valence-corrected chi connectivity index (χ2v) is 10.6. The van der Waals surface area contributed by atoms with Crippen molar-refractivity contribution in [3.8, 4) is 21.8 Å². The van der Waals surface area contributed by atoms with E-state index in [-0.39, 0.29) is 11.8 Å². The molecule has 1 aliphatic carbocycles. The maximum Gasteiger partial charge on any atom is 0.139 e. The molecule has 0 radical (unpaired) electrons.